The highest BCUT2D eigenvalue weighted by atomic mass is 32.1. The Morgan fingerprint density at radius 3 is 2.55 bits per heavy atom. The predicted molar refractivity (Wildman–Crippen MR) is 88.2 cm³/mol. The largest absolute Gasteiger partial charge is 0.334 e. The van der Waals surface area contributed by atoms with E-state index < -0.39 is 7.60 Å². The highest BCUT2D eigenvalue weighted by Crippen LogP contribution is 2.49. The molecule has 2 heterocycles. The fourth-order valence-electron chi connectivity index (χ4n) is 2.05. The molecule has 3 aromatic rings. The molecule has 22 heavy (non-hydrogen) atoms. The topological polar surface area (TPSA) is 61.3 Å². The summed E-state index contributed by atoms with van der Waals surface area (Å²) in [5.74, 6) is 0. The van der Waals surface area contributed by atoms with E-state index in [-0.39, 0.29) is 6.16 Å². The van der Waals surface area contributed by atoms with Crippen LogP contribution in [0.3, 0.4) is 0 Å². The maximum absolute atomic E-state index is 12.1. The van der Waals surface area contributed by atoms with E-state index in [1.165, 1.54) is 14.2 Å². The second-order valence-corrected chi connectivity index (χ2v) is 7.97. The Balaban J connectivity index is 1.86. The molecule has 0 aliphatic rings. The summed E-state index contributed by atoms with van der Waals surface area (Å²) in [4.78, 5) is 8.98. The molecule has 0 aliphatic carbocycles. The van der Waals surface area contributed by atoms with Gasteiger partial charge in [0, 0.05) is 20.4 Å². The van der Waals surface area contributed by atoms with E-state index in [1.807, 2.05) is 36.4 Å². The molecule has 3 rings (SSSR count). The molecule has 0 saturated heterocycles. The smallest absolute Gasteiger partial charge is 0.312 e. The van der Waals surface area contributed by atoms with Crippen molar-refractivity contribution >= 4 is 29.1 Å². The maximum Gasteiger partial charge on any atom is 0.334 e. The minimum absolute atomic E-state index is 0.202. The van der Waals surface area contributed by atoms with Crippen LogP contribution in [-0.4, -0.2) is 24.2 Å². The van der Waals surface area contributed by atoms with Gasteiger partial charge in [0.1, 0.15) is 5.01 Å². The van der Waals surface area contributed by atoms with E-state index in [9.17, 15) is 4.57 Å². The van der Waals surface area contributed by atoms with E-state index in [0.717, 1.165) is 26.5 Å². The van der Waals surface area contributed by atoms with Crippen LogP contribution in [-0.2, 0) is 19.8 Å². The molecule has 0 spiro atoms. The number of benzene rings is 1. The molecule has 0 unspecified atom stereocenters. The average molecular weight is 334 g/mol. The summed E-state index contributed by atoms with van der Waals surface area (Å²) < 4.78 is 23.1. The molecule has 114 valence electrons. The lowest BCUT2D eigenvalue weighted by Crippen LogP contribution is -1.94. The molecule has 5 nitrogen and oxygen atoms in total. The van der Waals surface area contributed by atoms with Crippen molar-refractivity contribution in [2.24, 2.45) is 0 Å². The molecule has 0 saturated carbocycles. The van der Waals surface area contributed by atoms with Gasteiger partial charge in [0.15, 0.2) is 0 Å². The summed E-state index contributed by atoms with van der Waals surface area (Å²) >= 11 is 1.60. The highest BCUT2D eigenvalue weighted by molar-refractivity contribution is 7.52. The van der Waals surface area contributed by atoms with Gasteiger partial charge in [-0.1, -0.05) is 18.2 Å². The molecule has 2 aromatic heterocycles. The third kappa shape index (κ3) is 3.10. The van der Waals surface area contributed by atoms with Crippen LogP contribution in [0.1, 0.15) is 5.56 Å². The van der Waals surface area contributed by atoms with Crippen molar-refractivity contribution in [2.75, 3.05) is 14.2 Å². The number of aromatic nitrogens is 2. The monoisotopic (exact) mass is 334 g/mol. The van der Waals surface area contributed by atoms with Crippen LogP contribution in [0.25, 0.3) is 20.9 Å². The van der Waals surface area contributed by atoms with Gasteiger partial charge in [-0.25, -0.2) is 4.98 Å². The molecule has 7 heteroatoms. The van der Waals surface area contributed by atoms with E-state index in [1.54, 1.807) is 17.5 Å². The average Bonchev–Trinajstić information content (AvgIpc) is 2.99. The summed E-state index contributed by atoms with van der Waals surface area (Å²) in [6.45, 7) is 0. The second-order valence-electron chi connectivity index (χ2n) is 4.67. The van der Waals surface area contributed by atoms with Crippen LogP contribution in [0, 0.1) is 0 Å². The van der Waals surface area contributed by atoms with Gasteiger partial charge in [-0.2, -0.15) is 0 Å². The molecule has 0 fully saturated rings. The number of hydrogen-bond donors (Lipinski definition) is 0. The number of pyridine rings is 1. The molecular formula is C15H15N2O3PS. The summed E-state index contributed by atoms with van der Waals surface area (Å²) in [5, 5.41) is 0.870. The second kappa shape index (κ2) is 6.26. The lowest BCUT2D eigenvalue weighted by molar-refractivity contribution is 0.275. The first-order valence-electron chi connectivity index (χ1n) is 6.65. The Morgan fingerprint density at radius 2 is 1.91 bits per heavy atom. The Bertz CT molecular complexity index is 791. The molecule has 0 atom stereocenters. The highest BCUT2D eigenvalue weighted by Gasteiger charge is 2.21. The third-order valence-corrected chi connectivity index (χ3v) is 6.19. The molecule has 1 aromatic carbocycles. The Morgan fingerprint density at radius 1 is 1.14 bits per heavy atom. The van der Waals surface area contributed by atoms with Crippen molar-refractivity contribution in [2.45, 2.75) is 6.16 Å². The first-order valence-corrected chi connectivity index (χ1v) is 9.19. The van der Waals surface area contributed by atoms with Crippen LogP contribution in [0.15, 0.2) is 42.6 Å². The van der Waals surface area contributed by atoms with E-state index in [2.05, 4.69) is 9.97 Å². The number of hydrogen-bond acceptors (Lipinski definition) is 6. The fraction of sp³-hybridized carbons (Fsp3) is 0.200. The summed E-state index contributed by atoms with van der Waals surface area (Å²) in [6.07, 6.45) is 1.89. The molecular weight excluding hydrogens is 319 g/mol. The Kier molecular flexibility index (Phi) is 4.36. The minimum atomic E-state index is -3.07. The van der Waals surface area contributed by atoms with Crippen LogP contribution in [0.5, 0.6) is 0 Å². The molecule has 0 amide bonds. The number of fused-ring (bicyclic) bond motifs is 1. The van der Waals surface area contributed by atoms with Gasteiger partial charge in [0.25, 0.3) is 0 Å². The molecule has 0 radical (unpaired) electrons. The van der Waals surface area contributed by atoms with Gasteiger partial charge in [-0.15, -0.1) is 11.3 Å². The van der Waals surface area contributed by atoms with Crippen LogP contribution in [0.2, 0.25) is 0 Å². The Hall–Kier alpha value is -1.59. The number of rotatable bonds is 5. The lowest BCUT2D eigenvalue weighted by atomic mass is 10.3. The van der Waals surface area contributed by atoms with Crippen molar-refractivity contribution in [1.29, 1.82) is 0 Å². The van der Waals surface area contributed by atoms with Gasteiger partial charge in [-0.3, -0.25) is 9.55 Å². The lowest BCUT2D eigenvalue weighted by Gasteiger charge is -2.13. The van der Waals surface area contributed by atoms with Gasteiger partial charge < -0.3 is 9.05 Å². The number of para-hydroxylation sites is 1. The quantitative estimate of drug-likeness (QED) is 0.649. The van der Waals surface area contributed by atoms with E-state index >= 15 is 0 Å². The van der Waals surface area contributed by atoms with Crippen molar-refractivity contribution in [3.8, 4) is 10.7 Å². The normalized spacial score (nSPS) is 11.9. The van der Waals surface area contributed by atoms with Gasteiger partial charge in [0.05, 0.1) is 22.1 Å². The Labute approximate surface area is 132 Å². The van der Waals surface area contributed by atoms with Crippen LogP contribution < -0.4 is 0 Å². The van der Waals surface area contributed by atoms with Crippen molar-refractivity contribution in [3.05, 3.63) is 48.2 Å². The number of nitrogens with zero attached hydrogens (tertiary/aromatic N) is 2. The first kappa shape index (κ1) is 15.3. The molecule has 0 bridgehead atoms. The van der Waals surface area contributed by atoms with Crippen LogP contribution in [0.4, 0.5) is 0 Å². The van der Waals surface area contributed by atoms with Gasteiger partial charge in [0.2, 0.25) is 0 Å². The number of thiazole rings is 1. The zero-order valence-corrected chi connectivity index (χ0v) is 13.9. The first-order chi connectivity index (χ1) is 10.6. The zero-order chi connectivity index (χ0) is 15.6. The van der Waals surface area contributed by atoms with Gasteiger partial charge in [-0.05, 0) is 23.8 Å². The SMILES string of the molecule is COP(=O)(Cc1ccc(-c2nc3ccccc3s2)nc1)OC. The summed E-state index contributed by atoms with van der Waals surface area (Å²) in [5.41, 5.74) is 2.57. The van der Waals surface area contributed by atoms with Crippen LogP contribution >= 0.6 is 18.9 Å². The molecule has 0 aliphatic heterocycles. The summed E-state index contributed by atoms with van der Waals surface area (Å²) in [7, 11) is -0.302. The van der Waals surface area contributed by atoms with Crippen molar-refractivity contribution in [3.63, 3.8) is 0 Å². The standard InChI is InChI=1S/C15H15N2O3PS/c1-19-21(18,20-2)10-11-7-8-13(16-9-11)15-17-12-5-3-4-6-14(12)22-15/h3-9H,10H2,1-2H3. The van der Waals surface area contributed by atoms with Gasteiger partial charge >= 0.3 is 7.60 Å². The summed E-state index contributed by atoms with van der Waals surface area (Å²) in [6, 6.07) is 11.7. The predicted octanol–water partition coefficient (Wildman–Crippen LogP) is 4.34. The third-order valence-electron chi connectivity index (χ3n) is 3.27. The van der Waals surface area contributed by atoms with Crippen molar-refractivity contribution < 1.29 is 13.6 Å². The molecule has 0 N–H and O–H groups in total. The van der Waals surface area contributed by atoms with Crippen molar-refractivity contribution in [1.82, 2.24) is 9.97 Å². The minimum Gasteiger partial charge on any atom is -0.312 e. The zero-order valence-electron chi connectivity index (χ0n) is 12.2. The van der Waals surface area contributed by atoms with E-state index in [0.29, 0.717) is 0 Å². The van der Waals surface area contributed by atoms with E-state index in [4.69, 9.17) is 9.05 Å². The maximum atomic E-state index is 12.1. The fourth-order valence-corrected chi connectivity index (χ4v) is 4.04.